The summed E-state index contributed by atoms with van der Waals surface area (Å²) in [5.41, 5.74) is 0. The van der Waals surface area contributed by atoms with Crippen molar-refractivity contribution in [3.63, 3.8) is 0 Å². The van der Waals surface area contributed by atoms with Gasteiger partial charge in [-0.1, -0.05) is 13.5 Å². The average molecular weight is 170 g/mol. The van der Waals surface area contributed by atoms with E-state index in [1.165, 1.54) is 6.08 Å². The number of carbonyl (C=O) groups is 1. The Morgan fingerprint density at radius 2 is 2.08 bits per heavy atom. The first kappa shape index (κ1) is 11.4. The highest BCUT2D eigenvalue weighted by Crippen LogP contribution is 2.05. The minimum atomic E-state index is 0.0925. The Bertz CT molecular complexity index is 150. The molecular formula is C10H18O2. The molecule has 0 bridgehead atoms. The predicted molar refractivity (Wildman–Crippen MR) is 50.1 cm³/mol. The smallest absolute Gasteiger partial charge is 0.155 e. The third kappa shape index (κ3) is 6.10. The first-order valence-corrected chi connectivity index (χ1v) is 4.33. The largest absolute Gasteiger partial charge is 0.379 e. The number of hydrogen-bond acceptors (Lipinski definition) is 2. The van der Waals surface area contributed by atoms with Crippen LogP contribution in [0.1, 0.15) is 27.2 Å². The topological polar surface area (TPSA) is 26.3 Å². The van der Waals surface area contributed by atoms with E-state index in [1.54, 1.807) is 0 Å². The second kappa shape index (κ2) is 5.95. The molecule has 0 aliphatic rings. The van der Waals surface area contributed by atoms with Crippen molar-refractivity contribution in [3.05, 3.63) is 12.7 Å². The first-order valence-electron chi connectivity index (χ1n) is 4.33. The van der Waals surface area contributed by atoms with Crippen LogP contribution in [0.15, 0.2) is 12.7 Å². The van der Waals surface area contributed by atoms with Crippen molar-refractivity contribution in [2.45, 2.75) is 33.3 Å². The van der Waals surface area contributed by atoms with Gasteiger partial charge in [0.1, 0.15) is 0 Å². The zero-order valence-electron chi connectivity index (χ0n) is 8.17. The SMILES string of the molecule is C=CC(=O)C[C@@H](C)COC(C)C. The molecule has 0 N–H and O–H groups in total. The third-order valence-corrected chi connectivity index (χ3v) is 1.49. The molecule has 0 aliphatic carbocycles. The summed E-state index contributed by atoms with van der Waals surface area (Å²) in [5.74, 6) is 0.382. The van der Waals surface area contributed by atoms with Crippen LogP contribution in [0, 0.1) is 5.92 Å². The van der Waals surface area contributed by atoms with Gasteiger partial charge >= 0.3 is 0 Å². The molecule has 2 nitrogen and oxygen atoms in total. The van der Waals surface area contributed by atoms with Crippen LogP contribution in [-0.2, 0) is 9.53 Å². The van der Waals surface area contributed by atoms with Crippen molar-refractivity contribution in [1.29, 1.82) is 0 Å². The van der Waals surface area contributed by atoms with Gasteiger partial charge in [-0.2, -0.15) is 0 Å². The quantitative estimate of drug-likeness (QED) is 0.571. The van der Waals surface area contributed by atoms with Gasteiger partial charge in [0.05, 0.1) is 6.10 Å². The maximum Gasteiger partial charge on any atom is 0.155 e. The lowest BCUT2D eigenvalue weighted by atomic mass is 10.1. The lowest BCUT2D eigenvalue weighted by molar-refractivity contribution is -0.115. The number of allylic oxidation sites excluding steroid dienone is 1. The van der Waals surface area contributed by atoms with Crippen LogP contribution in [0.5, 0.6) is 0 Å². The molecule has 0 amide bonds. The molecule has 1 atom stereocenters. The minimum absolute atomic E-state index is 0.0925. The normalized spacial score (nSPS) is 13.0. The van der Waals surface area contributed by atoms with Crippen molar-refractivity contribution < 1.29 is 9.53 Å². The van der Waals surface area contributed by atoms with E-state index in [1.807, 2.05) is 20.8 Å². The van der Waals surface area contributed by atoms with Gasteiger partial charge in [0.15, 0.2) is 5.78 Å². The van der Waals surface area contributed by atoms with E-state index >= 15 is 0 Å². The van der Waals surface area contributed by atoms with E-state index in [-0.39, 0.29) is 17.8 Å². The molecule has 0 aliphatic heterocycles. The predicted octanol–water partition coefficient (Wildman–Crippen LogP) is 2.19. The van der Waals surface area contributed by atoms with Crippen LogP contribution >= 0.6 is 0 Å². The zero-order chi connectivity index (χ0) is 9.56. The molecule has 0 unspecified atom stereocenters. The third-order valence-electron chi connectivity index (χ3n) is 1.49. The molecule has 70 valence electrons. The fourth-order valence-corrected chi connectivity index (χ4v) is 0.842. The van der Waals surface area contributed by atoms with Crippen molar-refractivity contribution in [2.24, 2.45) is 5.92 Å². The van der Waals surface area contributed by atoms with E-state index in [4.69, 9.17) is 4.74 Å². The fourth-order valence-electron chi connectivity index (χ4n) is 0.842. The molecule has 0 saturated carbocycles. The van der Waals surface area contributed by atoms with Gasteiger partial charge in [-0.15, -0.1) is 0 Å². The van der Waals surface area contributed by atoms with Gasteiger partial charge in [-0.25, -0.2) is 0 Å². The lowest BCUT2D eigenvalue weighted by Gasteiger charge is -2.12. The van der Waals surface area contributed by atoms with Crippen LogP contribution in [-0.4, -0.2) is 18.5 Å². The molecule has 12 heavy (non-hydrogen) atoms. The summed E-state index contributed by atoms with van der Waals surface area (Å²) in [6.45, 7) is 10.0. The van der Waals surface area contributed by atoms with Crippen molar-refractivity contribution in [3.8, 4) is 0 Å². The molecule has 0 radical (unpaired) electrons. The summed E-state index contributed by atoms with van der Waals surface area (Å²) in [5, 5.41) is 0. The maximum atomic E-state index is 10.9. The number of hydrogen-bond donors (Lipinski definition) is 0. The van der Waals surface area contributed by atoms with E-state index in [2.05, 4.69) is 6.58 Å². The number of rotatable bonds is 6. The van der Waals surface area contributed by atoms with E-state index < -0.39 is 0 Å². The van der Waals surface area contributed by atoms with E-state index in [0.717, 1.165) is 0 Å². The summed E-state index contributed by atoms with van der Waals surface area (Å²) in [6.07, 6.45) is 2.15. The van der Waals surface area contributed by atoms with Gasteiger partial charge in [0.2, 0.25) is 0 Å². The second-order valence-electron chi connectivity index (χ2n) is 3.36. The van der Waals surface area contributed by atoms with Crippen LogP contribution in [0.4, 0.5) is 0 Å². The molecule has 2 heteroatoms. The minimum Gasteiger partial charge on any atom is -0.379 e. The number of ether oxygens (including phenoxy) is 1. The summed E-state index contributed by atoms with van der Waals surface area (Å²) in [4.78, 5) is 10.9. The Balaban J connectivity index is 3.52. The highest BCUT2D eigenvalue weighted by Gasteiger charge is 2.06. The Kier molecular flexibility index (Phi) is 5.64. The molecule has 0 heterocycles. The summed E-state index contributed by atoms with van der Waals surface area (Å²) < 4.78 is 5.36. The Hall–Kier alpha value is -0.630. The van der Waals surface area contributed by atoms with Crippen LogP contribution in [0.25, 0.3) is 0 Å². The zero-order valence-corrected chi connectivity index (χ0v) is 8.17. The van der Waals surface area contributed by atoms with Gasteiger partial charge in [0, 0.05) is 13.0 Å². The Labute approximate surface area is 74.6 Å². The molecule has 0 spiro atoms. The molecule has 0 aromatic rings. The maximum absolute atomic E-state index is 10.9. The van der Waals surface area contributed by atoms with Crippen molar-refractivity contribution >= 4 is 5.78 Å². The molecule has 0 saturated heterocycles. The average Bonchev–Trinajstić information content (AvgIpc) is 2.00. The second-order valence-corrected chi connectivity index (χ2v) is 3.36. The fraction of sp³-hybridized carbons (Fsp3) is 0.700. The van der Waals surface area contributed by atoms with E-state index in [9.17, 15) is 4.79 Å². The highest BCUT2D eigenvalue weighted by atomic mass is 16.5. The molecule has 0 fully saturated rings. The van der Waals surface area contributed by atoms with Gasteiger partial charge in [0.25, 0.3) is 0 Å². The molecule has 0 rings (SSSR count). The summed E-state index contributed by atoms with van der Waals surface area (Å²) in [7, 11) is 0. The standard InChI is InChI=1S/C10H18O2/c1-5-10(11)6-9(4)7-12-8(2)3/h5,8-9H,1,6-7H2,2-4H3/t9-/m1/s1. The van der Waals surface area contributed by atoms with Gasteiger partial charge in [-0.05, 0) is 25.8 Å². The van der Waals surface area contributed by atoms with Crippen LogP contribution < -0.4 is 0 Å². The summed E-state index contributed by atoms with van der Waals surface area (Å²) >= 11 is 0. The molecular weight excluding hydrogens is 152 g/mol. The van der Waals surface area contributed by atoms with Gasteiger partial charge < -0.3 is 4.74 Å². The van der Waals surface area contributed by atoms with Crippen molar-refractivity contribution in [2.75, 3.05) is 6.61 Å². The highest BCUT2D eigenvalue weighted by molar-refractivity contribution is 5.89. The molecule has 0 aromatic carbocycles. The first-order chi connectivity index (χ1) is 5.56. The van der Waals surface area contributed by atoms with Crippen molar-refractivity contribution in [1.82, 2.24) is 0 Å². The number of ketones is 1. The number of carbonyl (C=O) groups excluding carboxylic acids is 1. The van der Waals surface area contributed by atoms with E-state index in [0.29, 0.717) is 13.0 Å². The lowest BCUT2D eigenvalue weighted by Crippen LogP contribution is -2.13. The van der Waals surface area contributed by atoms with Crippen LogP contribution in [0.2, 0.25) is 0 Å². The molecule has 0 aromatic heterocycles. The monoisotopic (exact) mass is 170 g/mol. The van der Waals surface area contributed by atoms with Crippen LogP contribution in [0.3, 0.4) is 0 Å². The summed E-state index contributed by atoms with van der Waals surface area (Å²) in [6, 6.07) is 0. The Morgan fingerprint density at radius 3 is 2.50 bits per heavy atom. The Morgan fingerprint density at radius 1 is 1.50 bits per heavy atom. The van der Waals surface area contributed by atoms with Gasteiger partial charge in [-0.3, -0.25) is 4.79 Å².